The molecule has 1 heteroatoms. The quantitative estimate of drug-likeness (QED) is 0.333. The molecule has 0 saturated heterocycles. The molecule has 0 saturated carbocycles. The molecule has 0 N–H and O–H groups in total. The predicted octanol–water partition coefficient (Wildman–Crippen LogP) is 8.26. The molecule has 0 aromatic heterocycles. The maximum absolute atomic E-state index is 14.5. The molecule has 2 aliphatic rings. The van der Waals surface area contributed by atoms with E-state index in [2.05, 4.69) is 45.7 Å². The van der Waals surface area contributed by atoms with E-state index in [-0.39, 0.29) is 5.83 Å². The van der Waals surface area contributed by atoms with E-state index in [1.165, 1.54) is 5.57 Å². The first-order chi connectivity index (χ1) is 12.5. The molecule has 26 heavy (non-hydrogen) atoms. The van der Waals surface area contributed by atoms with Crippen LogP contribution in [0.5, 0.6) is 0 Å². The van der Waals surface area contributed by atoms with E-state index in [1.807, 2.05) is 19.1 Å². The molecule has 0 heterocycles. The number of allylic oxidation sites excluding steroid dienone is 13. The van der Waals surface area contributed by atoms with E-state index >= 15 is 0 Å². The Morgan fingerprint density at radius 1 is 1.08 bits per heavy atom. The largest absolute Gasteiger partial charge is 0.207 e. The van der Waals surface area contributed by atoms with Crippen molar-refractivity contribution < 1.29 is 4.39 Å². The third kappa shape index (κ3) is 6.63. The Balaban J connectivity index is 0.00000105. The SMILES string of the molecule is C=C(/C=C\C(=C)C1=CC(F)=C(C2=CC=C(CC)CC2)CC1)CC.C=CC. The lowest BCUT2D eigenvalue weighted by molar-refractivity contribution is 0.630. The highest BCUT2D eigenvalue weighted by Crippen LogP contribution is 2.36. The van der Waals surface area contributed by atoms with Crippen molar-refractivity contribution >= 4 is 0 Å². The van der Waals surface area contributed by atoms with Gasteiger partial charge in [0.2, 0.25) is 0 Å². The molecule has 0 radical (unpaired) electrons. The Morgan fingerprint density at radius 2 is 1.77 bits per heavy atom. The minimum Gasteiger partial charge on any atom is -0.207 e. The zero-order valence-corrected chi connectivity index (χ0v) is 16.7. The van der Waals surface area contributed by atoms with Crippen LogP contribution in [-0.2, 0) is 0 Å². The lowest BCUT2D eigenvalue weighted by atomic mass is 9.85. The van der Waals surface area contributed by atoms with Crippen molar-refractivity contribution in [3.63, 3.8) is 0 Å². The minimum atomic E-state index is -0.0882. The average molecular weight is 353 g/mol. The Kier molecular flexibility index (Phi) is 9.65. The van der Waals surface area contributed by atoms with Crippen molar-refractivity contribution in [1.29, 1.82) is 0 Å². The summed E-state index contributed by atoms with van der Waals surface area (Å²) >= 11 is 0. The smallest absolute Gasteiger partial charge is 0.126 e. The molecule has 0 atom stereocenters. The summed E-state index contributed by atoms with van der Waals surface area (Å²) in [6.45, 7) is 17.5. The molecular formula is C25H33F. The van der Waals surface area contributed by atoms with Crippen molar-refractivity contribution in [3.8, 4) is 0 Å². The summed E-state index contributed by atoms with van der Waals surface area (Å²) in [7, 11) is 0. The van der Waals surface area contributed by atoms with E-state index in [0.29, 0.717) is 0 Å². The summed E-state index contributed by atoms with van der Waals surface area (Å²) in [5, 5.41) is 0. The van der Waals surface area contributed by atoms with Crippen LogP contribution < -0.4 is 0 Å². The second-order valence-corrected chi connectivity index (χ2v) is 6.65. The summed E-state index contributed by atoms with van der Waals surface area (Å²) in [4.78, 5) is 0. The van der Waals surface area contributed by atoms with E-state index < -0.39 is 0 Å². The predicted molar refractivity (Wildman–Crippen MR) is 115 cm³/mol. The van der Waals surface area contributed by atoms with Crippen LogP contribution in [0.25, 0.3) is 0 Å². The monoisotopic (exact) mass is 352 g/mol. The van der Waals surface area contributed by atoms with Gasteiger partial charge in [-0.2, -0.15) is 0 Å². The van der Waals surface area contributed by atoms with Crippen LogP contribution in [-0.4, -0.2) is 0 Å². The van der Waals surface area contributed by atoms with Crippen molar-refractivity contribution in [2.24, 2.45) is 0 Å². The molecule has 0 fully saturated rings. The maximum atomic E-state index is 14.5. The molecule has 0 spiro atoms. The molecule has 0 amide bonds. The van der Waals surface area contributed by atoms with Gasteiger partial charge in [-0.05, 0) is 73.8 Å². The molecule has 0 nitrogen and oxygen atoms in total. The first-order valence-electron chi connectivity index (χ1n) is 9.57. The Hall–Kier alpha value is -2.15. The fraction of sp³-hybridized carbons (Fsp3) is 0.360. The molecule has 2 rings (SSSR count). The molecule has 140 valence electrons. The van der Waals surface area contributed by atoms with Gasteiger partial charge in [-0.25, -0.2) is 4.39 Å². The molecule has 2 aliphatic carbocycles. The van der Waals surface area contributed by atoms with E-state index in [9.17, 15) is 4.39 Å². The lowest BCUT2D eigenvalue weighted by Crippen LogP contribution is -2.03. The summed E-state index contributed by atoms with van der Waals surface area (Å²) in [5.74, 6) is -0.0882. The number of rotatable bonds is 6. The van der Waals surface area contributed by atoms with Gasteiger partial charge in [0.1, 0.15) is 5.83 Å². The highest BCUT2D eigenvalue weighted by atomic mass is 19.1. The van der Waals surface area contributed by atoms with Gasteiger partial charge in [-0.1, -0.05) is 68.5 Å². The molecule has 0 aliphatic heterocycles. The van der Waals surface area contributed by atoms with E-state index in [4.69, 9.17) is 0 Å². The molecule has 0 aromatic carbocycles. The van der Waals surface area contributed by atoms with E-state index in [0.717, 1.165) is 66.4 Å². The Bertz CT molecular complexity index is 690. The van der Waals surface area contributed by atoms with Gasteiger partial charge in [-0.15, -0.1) is 6.58 Å². The fourth-order valence-corrected chi connectivity index (χ4v) is 2.93. The molecule has 0 unspecified atom stereocenters. The first-order valence-corrected chi connectivity index (χ1v) is 9.57. The Labute approximate surface area is 159 Å². The standard InChI is InChI=1S/C22H27F.C3H6/c1-5-16(3)7-8-17(4)20-13-14-21(22(23)15-20)19-11-9-18(6-2)10-12-19;1-3-2/h7-9,11,15H,3-6,10,12-14H2,1-2H3;3H,1H2,2H3/b8-7-;. The summed E-state index contributed by atoms with van der Waals surface area (Å²) < 4.78 is 14.5. The zero-order valence-electron chi connectivity index (χ0n) is 16.7. The third-order valence-corrected chi connectivity index (χ3v) is 4.70. The first kappa shape index (κ1) is 21.9. The topological polar surface area (TPSA) is 0 Å². The third-order valence-electron chi connectivity index (χ3n) is 4.70. The van der Waals surface area contributed by atoms with Gasteiger partial charge >= 0.3 is 0 Å². The number of halogens is 1. The second kappa shape index (κ2) is 11.5. The fourth-order valence-electron chi connectivity index (χ4n) is 2.93. The average Bonchev–Trinajstić information content (AvgIpc) is 2.66. The minimum absolute atomic E-state index is 0.0882. The van der Waals surface area contributed by atoms with Gasteiger partial charge in [0.25, 0.3) is 0 Å². The lowest BCUT2D eigenvalue weighted by Gasteiger charge is -2.21. The maximum Gasteiger partial charge on any atom is 0.126 e. The van der Waals surface area contributed by atoms with Crippen LogP contribution in [0.4, 0.5) is 4.39 Å². The summed E-state index contributed by atoms with van der Waals surface area (Å²) in [6.07, 6.45) is 17.3. The van der Waals surface area contributed by atoms with Gasteiger partial charge in [0.15, 0.2) is 0 Å². The van der Waals surface area contributed by atoms with Crippen LogP contribution in [0.2, 0.25) is 0 Å². The summed E-state index contributed by atoms with van der Waals surface area (Å²) in [6, 6.07) is 0. The van der Waals surface area contributed by atoms with E-state index in [1.54, 1.807) is 12.2 Å². The van der Waals surface area contributed by atoms with Crippen LogP contribution in [0.15, 0.2) is 95.5 Å². The Morgan fingerprint density at radius 3 is 2.27 bits per heavy atom. The van der Waals surface area contributed by atoms with Crippen molar-refractivity contribution in [1.82, 2.24) is 0 Å². The molecule has 0 aromatic rings. The normalized spacial score (nSPS) is 17.0. The van der Waals surface area contributed by atoms with Crippen molar-refractivity contribution in [2.75, 3.05) is 0 Å². The van der Waals surface area contributed by atoms with Crippen LogP contribution in [0, 0.1) is 0 Å². The molecular weight excluding hydrogens is 319 g/mol. The van der Waals surface area contributed by atoms with Gasteiger partial charge in [-0.3, -0.25) is 0 Å². The van der Waals surface area contributed by atoms with Crippen LogP contribution in [0.3, 0.4) is 0 Å². The van der Waals surface area contributed by atoms with Gasteiger partial charge in [0.05, 0.1) is 0 Å². The highest BCUT2D eigenvalue weighted by molar-refractivity contribution is 5.50. The van der Waals surface area contributed by atoms with Crippen molar-refractivity contribution in [3.05, 3.63) is 95.5 Å². The van der Waals surface area contributed by atoms with Crippen LogP contribution >= 0.6 is 0 Å². The highest BCUT2D eigenvalue weighted by Gasteiger charge is 2.18. The van der Waals surface area contributed by atoms with Gasteiger partial charge in [0, 0.05) is 0 Å². The second-order valence-electron chi connectivity index (χ2n) is 6.65. The zero-order chi connectivity index (χ0) is 19.5. The van der Waals surface area contributed by atoms with Gasteiger partial charge < -0.3 is 0 Å². The van der Waals surface area contributed by atoms with Crippen molar-refractivity contribution in [2.45, 2.75) is 59.3 Å². The molecule has 0 bridgehead atoms. The number of hydrogen-bond acceptors (Lipinski definition) is 0. The number of hydrogen-bond donors (Lipinski definition) is 0. The van der Waals surface area contributed by atoms with Crippen LogP contribution in [0.1, 0.15) is 59.3 Å². The summed E-state index contributed by atoms with van der Waals surface area (Å²) in [5.41, 5.74) is 6.44.